The van der Waals surface area contributed by atoms with Gasteiger partial charge in [0.25, 0.3) is 5.91 Å². The molecule has 1 aliphatic heterocycles. The maximum atomic E-state index is 12.9. The van der Waals surface area contributed by atoms with Crippen LogP contribution >= 0.6 is 11.6 Å². The number of hydrogen-bond donors (Lipinski definition) is 4. The summed E-state index contributed by atoms with van der Waals surface area (Å²) in [6.07, 6.45) is 5.46. The molecular weight excluding hydrogens is 480 g/mol. The molecule has 1 unspecified atom stereocenters. The van der Waals surface area contributed by atoms with E-state index in [0.29, 0.717) is 34.3 Å². The fourth-order valence-corrected chi connectivity index (χ4v) is 4.25. The Morgan fingerprint density at radius 3 is 2.92 bits per heavy atom. The van der Waals surface area contributed by atoms with Crippen molar-refractivity contribution in [3.05, 3.63) is 94.4 Å². The van der Waals surface area contributed by atoms with Gasteiger partial charge < -0.3 is 25.6 Å². The number of benzene rings is 2. The van der Waals surface area contributed by atoms with Gasteiger partial charge in [0.1, 0.15) is 5.82 Å². The second-order valence-electron chi connectivity index (χ2n) is 8.49. The van der Waals surface area contributed by atoms with E-state index in [1.807, 2.05) is 25.1 Å². The highest BCUT2D eigenvalue weighted by atomic mass is 35.5. The minimum absolute atomic E-state index is 0.0265. The zero-order valence-corrected chi connectivity index (χ0v) is 20.1. The van der Waals surface area contributed by atoms with Gasteiger partial charge in [-0.2, -0.15) is 4.98 Å². The third-order valence-electron chi connectivity index (χ3n) is 5.87. The molecule has 5 rings (SSSR count). The largest absolute Gasteiger partial charge is 0.394 e. The van der Waals surface area contributed by atoms with E-state index >= 15 is 0 Å². The minimum Gasteiger partial charge on any atom is -0.394 e. The highest BCUT2D eigenvalue weighted by Gasteiger charge is 2.19. The second-order valence-corrected chi connectivity index (χ2v) is 8.93. The van der Waals surface area contributed by atoms with Crippen LogP contribution in [0.4, 0.5) is 17.3 Å². The average Bonchev–Trinajstić information content (AvgIpc) is 3.49. The molecule has 4 aromatic rings. The third-order valence-corrected chi connectivity index (χ3v) is 6.11. The number of carbonyl (C=O) groups excluding carboxylic acids is 2. The molecule has 0 bridgehead atoms. The number of aryl methyl sites for hydroxylation is 1. The molecule has 4 N–H and O–H groups in total. The molecule has 0 aliphatic carbocycles. The Morgan fingerprint density at radius 2 is 2.11 bits per heavy atom. The second kappa shape index (κ2) is 9.80. The zero-order valence-electron chi connectivity index (χ0n) is 19.3. The van der Waals surface area contributed by atoms with Crippen molar-refractivity contribution in [3.8, 4) is 5.82 Å². The molecule has 10 heteroatoms. The van der Waals surface area contributed by atoms with Crippen LogP contribution < -0.4 is 16.0 Å². The molecule has 0 spiro atoms. The highest BCUT2D eigenvalue weighted by Crippen LogP contribution is 2.27. The van der Waals surface area contributed by atoms with Crippen LogP contribution in [0.1, 0.15) is 33.1 Å². The van der Waals surface area contributed by atoms with Crippen LogP contribution in [0.3, 0.4) is 0 Å². The number of halogens is 1. The number of anilines is 3. The van der Waals surface area contributed by atoms with Gasteiger partial charge in [0.15, 0.2) is 0 Å². The van der Waals surface area contributed by atoms with Crippen LogP contribution in [0.2, 0.25) is 5.02 Å². The molecule has 0 radical (unpaired) electrons. The minimum atomic E-state index is -0.589. The lowest BCUT2D eigenvalue weighted by Gasteiger charge is -2.16. The number of hydrogen-bond acceptors (Lipinski definition) is 6. The van der Waals surface area contributed by atoms with Gasteiger partial charge in [0.05, 0.1) is 24.6 Å². The number of nitrogens with zero attached hydrogens (tertiary/aromatic N) is 3. The lowest BCUT2D eigenvalue weighted by atomic mass is 10.1. The number of carbonyl (C=O) groups is 2. The first-order chi connectivity index (χ1) is 17.4. The molecule has 1 atom stereocenters. The maximum Gasteiger partial charge on any atom is 0.253 e. The van der Waals surface area contributed by atoms with Crippen molar-refractivity contribution in [3.63, 3.8) is 0 Å². The van der Waals surface area contributed by atoms with E-state index in [1.165, 1.54) is 0 Å². The Morgan fingerprint density at radius 1 is 1.25 bits per heavy atom. The molecular formula is C26H23ClN6O3. The summed E-state index contributed by atoms with van der Waals surface area (Å²) in [6.45, 7) is 1.62. The molecule has 0 saturated heterocycles. The predicted octanol–water partition coefficient (Wildman–Crippen LogP) is 3.93. The van der Waals surface area contributed by atoms with Crippen LogP contribution in [0, 0.1) is 6.92 Å². The van der Waals surface area contributed by atoms with E-state index in [9.17, 15) is 14.7 Å². The zero-order chi connectivity index (χ0) is 25.2. The molecule has 182 valence electrons. The van der Waals surface area contributed by atoms with Gasteiger partial charge >= 0.3 is 0 Å². The van der Waals surface area contributed by atoms with E-state index in [-0.39, 0.29) is 18.4 Å². The number of amides is 2. The van der Waals surface area contributed by atoms with Crippen molar-refractivity contribution < 1.29 is 14.7 Å². The van der Waals surface area contributed by atoms with Crippen molar-refractivity contribution in [1.29, 1.82) is 0 Å². The molecule has 0 saturated carbocycles. The Bertz CT molecular complexity index is 1470. The maximum absolute atomic E-state index is 12.9. The molecule has 1 aliphatic rings. The third kappa shape index (κ3) is 4.93. The quantitative estimate of drug-likeness (QED) is 0.304. The smallest absolute Gasteiger partial charge is 0.253 e. The van der Waals surface area contributed by atoms with Crippen molar-refractivity contribution in [2.75, 3.05) is 17.2 Å². The van der Waals surface area contributed by atoms with Crippen LogP contribution in [0.25, 0.3) is 5.82 Å². The van der Waals surface area contributed by atoms with Gasteiger partial charge in [-0.1, -0.05) is 23.7 Å². The predicted molar refractivity (Wildman–Crippen MR) is 137 cm³/mol. The summed E-state index contributed by atoms with van der Waals surface area (Å²) in [6, 6.07) is 13.7. The number of aromatic nitrogens is 3. The summed E-state index contributed by atoms with van der Waals surface area (Å²) < 4.78 is 1.75. The van der Waals surface area contributed by atoms with Crippen molar-refractivity contribution in [1.82, 2.24) is 19.9 Å². The summed E-state index contributed by atoms with van der Waals surface area (Å²) in [5.41, 5.74) is 4.44. The summed E-state index contributed by atoms with van der Waals surface area (Å²) in [5.74, 6) is 0.632. The Balaban J connectivity index is 1.33. The first kappa shape index (κ1) is 23.5. The summed E-state index contributed by atoms with van der Waals surface area (Å²) in [7, 11) is 0. The average molecular weight is 503 g/mol. The van der Waals surface area contributed by atoms with Crippen LogP contribution in [0.15, 0.2) is 67.1 Å². The lowest BCUT2D eigenvalue weighted by Crippen LogP contribution is -2.30. The fraction of sp³-hybridized carbons (Fsp3) is 0.154. The lowest BCUT2D eigenvalue weighted by molar-refractivity contribution is -0.115. The summed E-state index contributed by atoms with van der Waals surface area (Å²) >= 11 is 6.05. The molecule has 3 heterocycles. The molecule has 36 heavy (non-hydrogen) atoms. The molecule has 2 aromatic heterocycles. The van der Waals surface area contributed by atoms with Crippen molar-refractivity contribution >= 4 is 40.7 Å². The molecule has 0 fully saturated rings. The SMILES string of the molecule is Cc1cnc(Nc2ccc3c(c2)CC(=O)N3)nc1-n1ccc(C(=O)NC(CO)c2cccc(Cl)c2)c1. The van der Waals surface area contributed by atoms with Crippen molar-refractivity contribution in [2.45, 2.75) is 19.4 Å². The van der Waals surface area contributed by atoms with E-state index < -0.39 is 6.04 Å². The van der Waals surface area contributed by atoms with E-state index in [1.54, 1.807) is 53.5 Å². The Kier molecular flexibility index (Phi) is 6.41. The van der Waals surface area contributed by atoms with Crippen molar-refractivity contribution in [2.24, 2.45) is 0 Å². The number of nitrogens with one attached hydrogen (secondary N) is 3. The van der Waals surface area contributed by atoms with Gasteiger partial charge in [-0.25, -0.2) is 4.98 Å². The molecule has 9 nitrogen and oxygen atoms in total. The normalized spacial score (nSPS) is 13.1. The van der Waals surface area contributed by atoms with Gasteiger partial charge in [0.2, 0.25) is 11.9 Å². The summed E-state index contributed by atoms with van der Waals surface area (Å²) in [4.78, 5) is 33.5. The Hall–Kier alpha value is -4.21. The standard InChI is InChI=1S/C26H23ClN6O3/c1-15-12-28-26(29-20-5-6-21-18(10-20)11-23(35)30-21)32-24(15)33-8-7-17(13-33)25(36)31-22(14-34)16-3-2-4-19(27)9-16/h2-10,12-13,22,34H,11,14H2,1H3,(H,30,35)(H,31,36)(H,28,29,32). The first-order valence-electron chi connectivity index (χ1n) is 11.3. The highest BCUT2D eigenvalue weighted by molar-refractivity contribution is 6.30. The number of aliphatic hydroxyl groups is 1. The van der Waals surface area contributed by atoms with Crippen LogP contribution in [-0.2, 0) is 11.2 Å². The molecule has 2 aromatic carbocycles. The fourth-order valence-electron chi connectivity index (χ4n) is 4.05. The van der Waals surface area contributed by atoms with Gasteiger partial charge in [-0.3, -0.25) is 9.59 Å². The van der Waals surface area contributed by atoms with Gasteiger partial charge in [-0.15, -0.1) is 0 Å². The first-order valence-corrected chi connectivity index (χ1v) is 11.7. The van der Waals surface area contributed by atoms with Gasteiger partial charge in [-0.05, 0) is 54.4 Å². The van der Waals surface area contributed by atoms with Gasteiger partial charge in [0, 0.05) is 40.6 Å². The molecule has 2 amide bonds. The number of aliphatic hydroxyl groups excluding tert-OH is 1. The summed E-state index contributed by atoms with van der Waals surface area (Å²) in [5, 5.41) is 19.2. The Labute approximate surface area is 212 Å². The number of fused-ring (bicyclic) bond motifs is 1. The van der Waals surface area contributed by atoms with E-state index in [0.717, 1.165) is 22.5 Å². The number of rotatable bonds is 7. The monoisotopic (exact) mass is 502 g/mol. The topological polar surface area (TPSA) is 121 Å². The van der Waals surface area contributed by atoms with E-state index in [2.05, 4.69) is 25.9 Å². The van der Waals surface area contributed by atoms with Crippen LogP contribution in [-0.4, -0.2) is 38.1 Å². The van der Waals surface area contributed by atoms with E-state index in [4.69, 9.17) is 11.6 Å². The van der Waals surface area contributed by atoms with Crippen LogP contribution in [0.5, 0.6) is 0 Å².